The second-order valence-corrected chi connectivity index (χ2v) is 8.10. The highest BCUT2D eigenvalue weighted by Crippen LogP contribution is 2.42. The Kier molecular flexibility index (Phi) is 4.97. The summed E-state index contributed by atoms with van der Waals surface area (Å²) in [5.41, 5.74) is -0.994. The molecule has 0 bridgehead atoms. The van der Waals surface area contributed by atoms with E-state index in [-0.39, 0.29) is 30.7 Å². The van der Waals surface area contributed by atoms with Crippen LogP contribution in [0, 0.1) is 11.3 Å². The average Bonchev–Trinajstić information content (AvgIpc) is 3.32. The zero-order valence-corrected chi connectivity index (χ0v) is 15.6. The van der Waals surface area contributed by atoms with Crippen molar-refractivity contribution in [1.29, 1.82) is 0 Å². The standard InChI is InChI=1S/C20H21NO5S/c22-18(21-10-14-8-9-25-13-20(14,12-21)19(23)24)17-7-6-15(26-17)11-27-16-4-2-1-3-5-16/h1-7,14H,8-13H2,(H,23,24)/t14-,20+/m0/s1. The van der Waals surface area contributed by atoms with Crippen LogP contribution in [0.1, 0.15) is 22.7 Å². The fourth-order valence-electron chi connectivity index (χ4n) is 3.84. The van der Waals surface area contributed by atoms with E-state index in [2.05, 4.69) is 0 Å². The Morgan fingerprint density at radius 1 is 1.22 bits per heavy atom. The number of hydrogen-bond acceptors (Lipinski definition) is 5. The second-order valence-electron chi connectivity index (χ2n) is 7.05. The zero-order chi connectivity index (χ0) is 18.9. The number of benzene rings is 1. The fourth-order valence-corrected chi connectivity index (χ4v) is 4.66. The van der Waals surface area contributed by atoms with Gasteiger partial charge in [0.2, 0.25) is 0 Å². The van der Waals surface area contributed by atoms with Crippen LogP contribution < -0.4 is 0 Å². The number of carboxylic acids is 1. The molecule has 0 aliphatic carbocycles. The summed E-state index contributed by atoms with van der Waals surface area (Å²) < 4.78 is 11.2. The molecule has 2 saturated heterocycles. The maximum absolute atomic E-state index is 12.8. The third-order valence-electron chi connectivity index (χ3n) is 5.38. The Labute approximate surface area is 161 Å². The number of amides is 1. The lowest BCUT2D eigenvalue weighted by Gasteiger charge is -2.33. The van der Waals surface area contributed by atoms with Crippen LogP contribution in [0.15, 0.2) is 51.8 Å². The van der Waals surface area contributed by atoms with Crippen molar-refractivity contribution in [2.24, 2.45) is 11.3 Å². The molecule has 7 heteroatoms. The van der Waals surface area contributed by atoms with Crippen LogP contribution in [0.4, 0.5) is 0 Å². The summed E-state index contributed by atoms with van der Waals surface area (Å²) in [5.74, 6) is 0.407. The normalized spacial score (nSPS) is 24.6. The van der Waals surface area contributed by atoms with Crippen LogP contribution in [-0.2, 0) is 15.3 Å². The summed E-state index contributed by atoms with van der Waals surface area (Å²) in [6, 6.07) is 13.5. The second kappa shape index (κ2) is 7.40. The number of carbonyl (C=O) groups excluding carboxylic acids is 1. The van der Waals surface area contributed by atoms with E-state index < -0.39 is 11.4 Å². The Bertz CT molecular complexity index is 836. The van der Waals surface area contributed by atoms with Crippen molar-refractivity contribution in [2.45, 2.75) is 17.1 Å². The summed E-state index contributed by atoms with van der Waals surface area (Å²) in [6.07, 6.45) is 0.660. The van der Waals surface area contributed by atoms with Crippen molar-refractivity contribution in [3.63, 3.8) is 0 Å². The van der Waals surface area contributed by atoms with Gasteiger partial charge in [-0.1, -0.05) is 18.2 Å². The average molecular weight is 387 g/mol. The van der Waals surface area contributed by atoms with Gasteiger partial charge in [-0.05, 0) is 36.6 Å². The maximum atomic E-state index is 12.8. The molecule has 2 atom stereocenters. The first kappa shape index (κ1) is 18.1. The molecular formula is C20H21NO5S. The third-order valence-corrected chi connectivity index (χ3v) is 6.41. The first-order chi connectivity index (χ1) is 13.1. The predicted molar refractivity (Wildman–Crippen MR) is 99.6 cm³/mol. The highest BCUT2D eigenvalue weighted by Gasteiger charge is 2.55. The molecular weight excluding hydrogens is 366 g/mol. The molecule has 1 N–H and O–H groups in total. The lowest BCUT2D eigenvalue weighted by Crippen LogP contribution is -2.46. The molecule has 3 heterocycles. The Balaban J connectivity index is 1.43. The van der Waals surface area contributed by atoms with E-state index in [1.165, 1.54) is 0 Å². The summed E-state index contributed by atoms with van der Waals surface area (Å²) >= 11 is 1.64. The topological polar surface area (TPSA) is 80.0 Å². The van der Waals surface area contributed by atoms with Crippen LogP contribution in [0.25, 0.3) is 0 Å². The summed E-state index contributed by atoms with van der Waals surface area (Å²) in [7, 11) is 0. The number of thioether (sulfide) groups is 1. The molecule has 2 fully saturated rings. The van der Waals surface area contributed by atoms with Gasteiger partial charge in [0, 0.05) is 24.6 Å². The number of furan rings is 1. The van der Waals surface area contributed by atoms with E-state index >= 15 is 0 Å². The number of carboxylic acid groups (broad SMARTS) is 1. The van der Waals surface area contributed by atoms with Crippen molar-refractivity contribution >= 4 is 23.6 Å². The van der Waals surface area contributed by atoms with E-state index in [9.17, 15) is 14.7 Å². The first-order valence-electron chi connectivity index (χ1n) is 8.95. The largest absolute Gasteiger partial charge is 0.481 e. The fraction of sp³-hybridized carbons (Fsp3) is 0.400. The molecule has 2 aromatic rings. The van der Waals surface area contributed by atoms with Crippen molar-refractivity contribution in [3.05, 3.63) is 54.0 Å². The minimum Gasteiger partial charge on any atom is -0.481 e. The van der Waals surface area contributed by atoms with Gasteiger partial charge in [-0.2, -0.15) is 0 Å². The molecule has 4 rings (SSSR count). The molecule has 2 aliphatic rings. The number of carbonyl (C=O) groups is 2. The number of rotatable bonds is 5. The molecule has 0 unspecified atom stereocenters. The van der Waals surface area contributed by atoms with E-state index in [4.69, 9.17) is 9.15 Å². The van der Waals surface area contributed by atoms with Gasteiger partial charge in [0.05, 0.1) is 12.4 Å². The van der Waals surface area contributed by atoms with Crippen LogP contribution in [-0.4, -0.2) is 48.2 Å². The van der Waals surface area contributed by atoms with Gasteiger partial charge in [-0.3, -0.25) is 9.59 Å². The van der Waals surface area contributed by atoms with E-state index in [0.717, 1.165) is 10.7 Å². The SMILES string of the molecule is O=C(c1ccc(CSc2ccccc2)o1)N1C[C@@H]2CCOC[C@]2(C(=O)O)C1. The number of likely N-dealkylation sites (tertiary alicyclic amines) is 1. The minimum atomic E-state index is -0.994. The van der Waals surface area contributed by atoms with Crippen molar-refractivity contribution in [1.82, 2.24) is 4.90 Å². The minimum absolute atomic E-state index is 0.0734. The third kappa shape index (κ3) is 3.49. The van der Waals surface area contributed by atoms with Gasteiger partial charge in [-0.15, -0.1) is 11.8 Å². The smallest absolute Gasteiger partial charge is 0.314 e. The number of ether oxygens (including phenoxy) is 1. The number of aliphatic carboxylic acids is 1. The number of fused-ring (bicyclic) bond motifs is 1. The molecule has 6 nitrogen and oxygen atoms in total. The van der Waals surface area contributed by atoms with Gasteiger partial charge in [-0.25, -0.2) is 0 Å². The molecule has 0 radical (unpaired) electrons. The summed E-state index contributed by atoms with van der Waals surface area (Å²) in [4.78, 5) is 27.4. The maximum Gasteiger partial charge on any atom is 0.314 e. The monoisotopic (exact) mass is 387 g/mol. The lowest BCUT2D eigenvalue weighted by atomic mass is 9.76. The molecule has 1 aromatic carbocycles. The van der Waals surface area contributed by atoms with Gasteiger partial charge >= 0.3 is 5.97 Å². The van der Waals surface area contributed by atoms with Crippen molar-refractivity contribution in [2.75, 3.05) is 26.3 Å². The van der Waals surface area contributed by atoms with Crippen LogP contribution in [0.5, 0.6) is 0 Å². The van der Waals surface area contributed by atoms with Crippen LogP contribution >= 0.6 is 11.8 Å². The number of hydrogen-bond donors (Lipinski definition) is 1. The molecule has 1 aromatic heterocycles. The van der Waals surface area contributed by atoms with Crippen LogP contribution in [0.2, 0.25) is 0 Å². The molecule has 27 heavy (non-hydrogen) atoms. The molecule has 2 aliphatic heterocycles. The van der Waals surface area contributed by atoms with Crippen LogP contribution in [0.3, 0.4) is 0 Å². The van der Waals surface area contributed by atoms with Crippen molar-refractivity contribution < 1.29 is 23.8 Å². The summed E-state index contributed by atoms with van der Waals surface area (Å²) in [5, 5.41) is 9.71. The van der Waals surface area contributed by atoms with Gasteiger partial charge < -0.3 is 19.2 Å². The Hall–Kier alpha value is -2.25. The van der Waals surface area contributed by atoms with Crippen molar-refractivity contribution in [3.8, 4) is 0 Å². The van der Waals surface area contributed by atoms with Gasteiger partial charge in [0.25, 0.3) is 5.91 Å². The Morgan fingerprint density at radius 2 is 2.04 bits per heavy atom. The predicted octanol–water partition coefficient (Wildman–Crippen LogP) is 3.14. The molecule has 142 valence electrons. The lowest BCUT2D eigenvalue weighted by molar-refractivity contribution is -0.159. The van der Waals surface area contributed by atoms with E-state index in [1.54, 1.807) is 22.7 Å². The molecule has 0 saturated carbocycles. The molecule has 0 spiro atoms. The van der Waals surface area contributed by atoms with Gasteiger partial charge in [0.15, 0.2) is 5.76 Å². The Morgan fingerprint density at radius 3 is 2.78 bits per heavy atom. The first-order valence-corrected chi connectivity index (χ1v) is 9.94. The van der Waals surface area contributed by atoms with E-state index in [0.29, 0.717) is 25.3 Å². The highest BCUT2D eigenvalue weighted by atomic mass is 32.2. The highest BCUT2D eigenvalue weighted by molar-refractivity contribution is 7.98. The number of nitrogens with zero attached hydrogens (tertiary/aromatic N) is 1. The molecule has 1 amide bonds. The quantitative estimate of drug-likeness (QED) is 0.794. The zero-order valence-electron chi connectivity index (χ0n) is 14.8. The summed E-state index contributed by atoms with van der Waals surface area (Å²) in [6.45, 7) is 1.31. The van der Waals surface area contributed by atoms with E-state index in [1.807, 2.05) is 36.4 Å². The van der Waals surface area contributed by atoms with Gasteiger partial charge in [0.1, 0.15) is 11.2 Å².